The highest BCUT2D eigenvalue weighted by atomic mass is 16.4. The molecule has 0 aromatic rings. The minimum absolute atomic E-state index is 0.228. The third-order valence-corrected chi connectivity index (χ3v) is 4.77. The fourth-order valence-corrected chi connectivity index (χ4v) is 2.93. The zero-order valence-corrected chi connectivity index (χ0v) is 23.8. The van der Waals surface area contributed by atoms with Crippen molar-refractivity contribution in [2.75, 3.05) is 60.9 Å². The van der Waals surface area contributed by atoms with Gasteiger partial charge >= 0.3 is 29.8 Å². The topological polar surface area (TPSA) is 254 Å². The fraction of sp³-hybridized carbons (Fsp3) is 0.750. The SMILES string of the molecule is CC(O)CN(CCCN(C)C)CCCN(C)C.O=C(O)CC(O)(CC(=O)O)C(=O)O.O=C(O)CCC(=O)C(=O)O. The van der Waals surface area contributed by atoms with Crippen molar-refractivity contribution in [3.05, 3.63) is 0 Å². The second kappa shape index (κ2) is 22.6. The van der Waals surface area contributed by atoms with E-state index in [1.54, 1.807) is 0 Å². The lowest BCUT2D eigenvalue weighted by molar-refractivity contribution is -0.170. The second-order valence-electron chi connectivity index (χ2n) is 9.56. The summed E-state index contributed by atoms with van der Waals surface area (Å²) in [6.07, 6.45) is -1.05. The first kappa shape index (κ1) is 41.3. The summed E-state index contributed by atoms with van der Waals surface area (Å²) in [5.74, 6) is -8.84. The number of rotatable bonds is 19. The van der Waals surface area contributed by atoms with Crippen LogP contribution in [0.4, 0.5) is 0 Å². The maximum atomic E-state index is 10.3. The van der Waals surface area contributed by atoms with Crippen molar-refractivity contribution in [1.82, 2.24) is 14.7 Å². The van der Waals surface area contributed by atoms with Crippen LogP contribution in [-0.2, 0) is 28.8 Å². The predicted molar refractivity (Wildman–Crippen MR) is 141 cm³/mol. The number of carbonyl (C=O) groups is 6. The van der Waals surface area contributed by atoms with Crippen LogP contribution in [0.5, 0.6) is 0 Å². The molecule has 16 nitrogen and oxygen atoms in total. The smallest absolute Gasteiger partial charge is 0.372 e. The predicted octanol–water partition coefficient (Wildman–Crippen LogP) is -1.17. The number of aliphatic hydroxyl groups is 2. The molecular weight excluding hydrogens is 538 g/mol. The summed E-state index contributed by atoms with van der Waals surface area (Å²) in [7, 11) is 8.41. The number of aliphatic carboxylic acids is 5. The van der Waals surface area contributed by atoms with Crippen LogP contribution in [0.25, 0.3) is 0 Å². The maximum absolute atomic E-state index is 10.3. The molecule has 0 aliphatic rings. The van der Waals surface area contributed by atoms with Crippen molar-refractivity contribution in [3.63, 3.8) is 0 Å². The van der Waals surface area contributed by atoms with Crippen LogP contribution < -0.4 is 0 Å². The molecule has 0 aliphatic heterocycles. The molecule has 1 unspecified atom stereocenters. The number of carboxylic acid groups (broad SMARTS) is 5. The Kier molecular flexibility index (Phi) is 23.4. The number of carboxylic acids is 5. The molecule has 0 spiro atoms. The van der Waals surface area contributed by atoms with E-state index in [0.717, 1.165) is 32.7 Å². The van der Waals surface area contributed by atoms with Crippen LogP contribution in [0, 0.1) is 0 Å². The highest BCUT2D eigenvalue weighted by Gasteiger charge is 2.40. The molecule has 0 aromatic carbocycles. The Labute approximate surface area is 233 Å². The zero-order valence-electron chi connectivity index (χ0n) is 23.8. The molecule has 40 heavy (non-hydrogen) atoms. The first-order valence-corrected chi connectivity index (χ1v) is 12.3. The van der Waals surface area contributed by atoms with Gasteiger partial charge in [-0.3, -0.25) is 19.2 Å². The van der Waals surface area contributed by atoms with Gasteiger partial charge in [-0.05, 0) is 74.1 Å². The highest BCUT2D eigenvalue weighted by Crippen LogP contribution is 2.15. The quantitative estimate of drug-likeness (QED) is 0.0884. The van der Waals surface area contributed by atoms with Crippen LogP contribution >= 0.6 is 0 Å². The summed E-state index contributed by atoms with van der Waals surface area (Å²) in [4.78, 5) is 67.0. The molecule has 0 aliphatic carbocycles. The molecule has 234 valence electrons. The molecule has 0 rings (SSSR count). The van der Waals surface area contributed by atoms with Crippen molar-refractivity contribution >= 4 is 35.6 Å². The Morgan fingerprint density at radius 3 is 1.32 bits per heavy atom. The average Bonchev–Trinajstić information content (AvgIpc) is 2.76. The normalized spacial score (nSPS) is 11.7. The molecule has 0 bridgehead atoms. The molecule has 1 atom stereocenters. The van der Waals surface area contributed by atoms with Crippen LogP contribution in [0.3, 0.4) is 0 Å². The fourth-order valence-electron chi connectivity index (χ4n) is 2.93. The first-order chi connectivity index (χ1) is 18.2. The Morgan fingerprint density at radius 2 is 1.07 bits per heavy atom. The van der Waals surface area contributed by atoms with Crippen molar-refractivity contribution < 1.29 is 64.5 Å². The summed E-state index contributed by atoms with van der Waals surface area (Å²) >= 11 is 0. The monoisotopic (exact) mass is 583 g/mol. The average molecular weight is 584 g/mol. The number of aliphatic hydroxyl groups excluding tert-OH is 1. The van der Waals surface area contributed by atoms with Crippen molar-refractivity contribution in [3.8, 4) is 0 Å². The molecule has 0 aromatic heterocycles. The van der Waals surface area contributed by atoms with Crippen LogP contribution in [0.1, 0.15) is 45.4 Å². The van der Waals surface area contributed by atoms with E-state index in [2.05, 4.69) is 42.9 Å². The highest BCUT2D eigenvalue weighted by molar-refractivity contribution is 6.32. The standard InChI is InChI=1S/C13H31N3O.C6H8O7.C5H6O5/c1-13(17)12-16(10-6-8-14(2)3)11-7-9-15(4)5;7-3(8)1-6(13,5(11)12)2-4(9)10;6-3(5(9)10)1-2-4(7)8/h13,17H,6-12H2,1-5H3;13H,1-2H2,(H,7,8)(H,9,10)(H,11,12);1-2H2,(H,7,8)(H,9,10). The van der Waals surface area contributed by atoms with Gasteiger partial charge in [0.25, 0.3) is 0 Å². The third kappa shape index (κ3) is 27.8. The number of carbonyl (C=O) groups excluding carboxylic acids is 1. The van der Waals surface area contributed by atoms with Gasteiger partial charge in [0.1, 0.15) is 0 Å². The van der Waals surface area contributed by atoms with Crippen molar-refractivity contribution in [2.24, 2.45) is 0 Å². The summed E-state index contributed by atoms with van der Waals surface area (Å²) in [6, 6.07) is 0. The van der Waals surface area contributed by atoms with Gasteiger partial charge < -0.3 is 50.4 Å². The number of ketones is 1. The molecular formula is C24H45N3O13. The van der Waals surface area contributed by atoms with E-state index in [1.165, 1.54) is 12.8 Å². The van der Waals surface area contributed by atoms with Gasteiger partial charge in [0.05, 0.1) is 25.4 Å². The van der Waals surface area contributed by atoms with Gasteiger partial charge in [-0.2, -0.15) is 0 Å². The Bertz CT molecular complexity index is 771. The van der Waals surface area contributed by atoms with Gasteiger partial charge in [-0.15, -0.1) is 0 Å². The Hall–Kier alpha value is -3.18. The minimum Gasteiger partial charge on any atom is -0.481 e. The summed E-state index contributed by atoms with van der Waals surface area (Å²) in [6.45, 7) is 7.05. The Morgan fingerprint density at radius 1 is 0.675 bits per heavy atom. The van der Waals surface area contributed by atoms with E-state index in [9.17, 15) is 33.9 Å². The van der Waals surface area contributed by atoms with E-state index in [-0.39, 0.29) is 6.10 Å². The van der Waals surface area contributed by atoms with Crippen LogP contribution in [-0.4, -0.2) is 159 Å². The number of Topliss-reactive ketones (excluding diaryl/α,β-unsaturated/α-hetero) is 1. The molecule has 0 radical (unpaired) electrons. The Balaban J connectivity index is -0.000000533. The summed E-state index contributed by atoms with van der Waals surface area (Å²) in [5.41, 5.74) is -2.74. The lowest BCUT2D eigenvalue weighted by Gasteiger charge is -2.25. The minimum atomic E-state index is -2.74. The van der Waals surface area contributed by atoms with Crippen LogP contribution in [0.2, 0.25) is 0 Å². The van der Waals surface area contributed by atoms with Gasteiger partial charge in [0, 0.05) is 13.0 Å². The van der Waals surface area contributed by atoms with Gasteiger partial charge in [0.15, 0.2) is 5.60 Å². The van der Waals surface area contributed by atoms with E-state index in [0.29, 0.717) is 0 Å². The molecule has 0 fully saturated rings. The summed E-state index contributed by atoms with van der Waals surface area (Å²) in [5, 5.41) is 59.2. The molecule has 0 saturated heterocycles. The number of hydrogen-bond acceptors (Lipinski definition) is 11. The van der Waals surface area contributed by atoms with Gasteiger partial charge in [0.2, 0.25) is 5.78 Å². The third-order valence-electron chi connectivity index (χ3n) is 4.77. The molecule has 0 heterocycles. The maximum Gasteiger partial charge on any atom is 0.372 e. The van der Waals surface area contributed by atoms with Crippen molar-refractivity contribution in [2.45, 2.75) is 57.2 Å². The zero-order chi connectivity index (χ0) is 32.1. The number of hydrogen-bond donors (Lipinski definition) is 7. The lowest BCUT2D eigenvalue weighted by Crippen LogP contribution is -2.42. The van der Waals surface area contributed by atoms with Gasteiger partial charge in [-0.25, -0.2) is 9.59 Å². The van der Waals surface area contributed by atoms with Gasteiger partial charge in [-0.1, -0.05) is 0 Å². The summed E-state index contributed by atoms with van der Waals surface area (Å²) < 4.78 is 0. The first-order valence-electron chi connectivity index (χ1n) is 12.3. The largest absolute Gasteiger partial charge is 0.481 e. The molecule has 0 amide bonds. The lowest BCUT2D eigenvalue weighted by atomic mass is 9.96. The van der Waals surface area contributed by atoms with Crippen LogP contribution in [0.15, 0.2) is 0 Å². The van der Waals surface area contributed by atoms with E-state index < -0.39 is 66.9 Å². The molecule has 16 heteroatoms. The number of nitrogens with zero attached hydrogens (tertiary/aromatic N) is 3. The van der Waals surface area contributed by atoms with E-state index in [1.807, 2.05) is 6.92 Å². The molecule has 0 saturated carbocycles. The van der Waals surface area contributed by atoms with E-state index in [4.69, 9.17) is 30.6 Å². The second-order valence-corrected chi connectivity index (χ2v) is 9.56. The van der Waals surface area contributed by atoms with Crippen molar-refractivity contribution in [1.29, 1.82) is 0 Å². The van der Waals surface area contributed by atoms with E-state index >= 15 is 0 Å². The molecule has 7 N–H and O–H groups in total.